The molecular weight excluding hydrogens is 50.0 g/mol. The van der Waals surface area contributed by atoms with Crippen LogP contribution in [0.2, 0.25) is 0 Å². The number of rotatable bonds is 1. The summed E-state index contributed by atoms with van der Waals surface area (Å²) in [6.45, 7) is 0.164. The highest BCUT2D eigenvalue weighted by Gasteiger charge is 1.55. The number of hydrogen-bond acceptors (Lipinski definition) is 1. The van der Waals surface area contributed by atoms with E-state index in [1.807, 2.05) is 0 Å². The van der Waals surface area contributed by atoms with Crippen LogP contribution < -0.4 is 5.73 Å². The lowest BCUT2D eigenvalue weighted by Gasteiger charge is -1.70. The molecule has 0 aliphatic rings. The predicted molar refractivity (Wildman–Crippen MR) is 19.3 cm³/mol. The van der Waals surface area contributed by atoms with Crippen molar-refractivity contribution in [3.05, 3.63) is 0 Å². The van der Waals surface area contributed by atoms with Crippen molar-refractivity contribution in [1.29, 1.82) is 0 Å². The molecule has 0 aromatic heterocycles. The highest BCUT2D eigenvalue weighted by Crippen LogP contribution is 1.57. The maximum atomic E-state index is 6.74. The minimum absolute atomic E-state index is 1.12. The van der Waals surface area contributed by atoms with E-state index in [4.69, 9.17) is 9.85 Å². The van der Waals surface area contributed by atoms with Crippen LogP contribution in [0.15, 0.2) is 0 Å². The Morgan fingerprint density at radius 3 is 2.50 bits per heavy atom. The van der Waals surface area contributed by atoms with Crippen molar-refractivity contribution >= 4 is 0 Å². The van der Waals surface area contributed by atoms with Crippen molar-refractivity contribution in [2.24, 2.45) is 5.73 Å². The SMILES string of the molecule is [2H]C(N)C([2H])([2H])C. The van der Waals surface area contributed by atoms with E-state index in [-0.39, 0.29) is 0 Å². The summed E-state index contributed by atoms with van der Waals surface area (Å²) in [7, 11) is 0. The average Bonchev–Trinajstić information content (AvgIpc) is 1.31. The summed E-state index contributed by atoms with van der Waals surface area (Å²) in [4.78, 5) is 0. The van der Waals surface area contributed by atoms with Gasteiger partial charge in [0.15, 0.2) is 0 Å². The molecule has 0 aliphatic carbocycles. The molecule has 0 spiro atoms. The Morgan fingerprint density at radius 2 is 2.50 bits per heavy atom. The first-order chi connectivity index (χ1) is 2.94. The zero-order valence-corrected chi connectivity index (χ0v) is 2.65. The fourth-order valence-corrected chi connectivity index (χ4v) is 0. The third kappa shape index (κ3) is 1.96. The normalized spacial score (nSPS) is 30.0. The number of nitrogens with two attached hydrogens (primary N) is 1. The quantitative estimate of drug-likeness (QED) is 0.466. The Morgan fingerprint density at radius 1 is 2.25 bits per heavy atom. The summed E-state index contributed by atoms with van der Waals surface area (Å²) in [5.74, 6) is 0. The Bertz CT molecular complexity index is 55.7. The van der Waals surface area contributed by atoms with Crippen molar-refractivity contribution in [2.45, 2.75) is 13.3 Å². The van der Waals surface area contributed by atoms with Crippen LogP contribution in [0, 0.1) is 0 Å². The summed E-state index contributed by atoms with van der Waals surface area (Å²) in [5, 5.41) is 0. The highest BCUT2D eigenvalue weighted by molar-refractivity contribution is 4.19. The van der Waals surface area contributed by atoms with Crippen molar-refractivity contribution in [1.82, 2.24) is 0 Å². The molecule has 0 fully saturated rings. The lowest BCUT2D eigenvalue weighted by molar-refractivity contribution is 0.932. The van der Waals surface area contributed by atoms with E-state index in [0.29, 0.717) is 0 Å². The molecule has 0 saturated carbocycles. The lowest BCUT2D eigenvalue weighted by atomic mass is 10.5. The van der Waals surface area contributed by atoms with Gasteiger partial charge in [0, 0.05) is 4.11 Å². The molecule has 0 aliphatic heterocycles. The van der Waals surface area contributed by atoms with Gasteiger partial charge < -0.3 is 5.73 Å². The molecule has 0 bridgehead atoms. The van der Waals surface area contributed by atoms with Crippen LogP contribution in [0.25, 0.3) is 0 Å². The van der Waals surface area contributed by atoms with Crippen molar-refractivity contribution in [3.8, 4) is 0 Å². The first kappa shape index (κ1) is 0.977. The molecule has 0 radical (unpaired) electrons. The van der Waals surface area contributed by atoms with Crippen LogP contribution >= 0.6 is 0 Å². The first-order valence-corrected chi connectivity index (χ1v) is 1.12. The lowest BCUT2D eigenvalue weighted by Crippen LogP contribution is -1.93. The Labute approximate surface area is 31.0 Å². The number of hydrogen-bond donors (Lipinski definition) is 1. The van der Waals surface area contributed by atoms with Crippen LogP contribution in [0.5, 0.6) is 0 Å². The largest absolute Gasteiger partial charge is 0.330 e. The van der Waals surface area contributed by atoms with Gasteiger partial charge in [0.05, 0.1) is 0 Å². The third-order valence-electron chi connectivity index (χ3n) is 0.167. The van der Waals surface area contributed by atoms with E-state index in [1.54, 1.807) is 0 Å². The van der Waals surface area contributed by atoms with Gasteiger partial charge in [-0.25, -0.2) is 0 Å². The minimum atomic E-state index is -1.56. The monoisotopic (exact) mass is 62.1 g/mol. The Kier molecular flexibility index (Phi) is 0.723. The van der Waals surface area contributed by atoms with Gasteiger partial charge in [-0.3, -0.25) is 0 Å². The van der Waals surface area contributed by atoms with Gasteiger partial charge in [0.25, 0.3) is 0 Å². The molecule has 2 N–H and O–H groups in total. The average molecular weight is 62.1 g/mol. The molecule has 1 nitrogen and oxygen atoms in total. The molecule has 26 valence electrons. The summed E-state index contributed by atoms with van der Waals surface area (Å²) >= 11 is 0. The zero-order chi connectivity index (χ0) is 6.08. The Hall–Kier alpha value is -0.0400. The fourth-order valence-electron chi connectivity index (χ4n) is 0. The molecule has 0 heterocycles. The van der Waals surface area contributed by atoms with Crippen molar-refractivity contribution in [3.63, 3.8) is 0 Å². The fraction of sp³-hybridized carbons (Fsp3) is 1.00. The van der Waals surface area contributed by atoms with E-state index in [2.05, 4.69) is 0 Å². The van der Waals surface area contributed by atoms with Gasteiger partial charge in [0.1, 0.15) is 0 Å². The van der Waals surface area contributed by atoms with Gasteiger partial charge in [-0.05, 0) is 12.9 Å². The second-order valence-electron chi connectivity index (χ2n) is 0.455. The molecule has 4 heavy (non-hydrogen) atoms. The molecule has 1 atom stereocenters. The molecule has 1 heteroatoms. The molecule has 0 amide bonds. The standard InChI is InChI=1S/C3H9N/c1-2-3-4/h2-4H2,1H3/i2D2,3D. The van der Waals surface area contributed by atoms with Crippen LogP contribution in [0.4, 0.5) is 0 Å². The molecular formula is C3H9N. The van der Waals surface area contributed by atoms with Gasteiger partial charge in [-0.2, -0.15) is 0 Å². The summed E-state index contributed by atoms with van der Waals surface area (Å²) in [6.07, 6.45) is -1.56. The Balaban J connectivity index is 3.54. The van der Waals surface area contributed by atoms with Gasteiger partial charge in [0.2, 0.25) is 0 Å². The topological polar surface area (TPSA) is 26.0 Å². The smallest absolute Gasteiger partial charge is 0.0425 e. The second-order valence-corrected chi connectivity index (χ2v) is 0.455. The zero-order valence-electron chi connectivity index (χ0n) is 5.65. The molecule has 0 aromatic rings. The first-order valence-electron chi connectivity index (χ1n) is 2.70. The van der Waals surface area contributed by atoms with Crippen LogP contribution in [0.1, 0.15) is 17.4 Å². The van der Waals surface area contributed by atoms with Gasteiger partial charge in [-0.15, -0.1) is 0 Å². The van der Waals surface area contributed by atoms with E-state index in [1.165, 1.54) is 6.92 Å². The maximum Gasteiger partial charge on any atom is 0.0425 e. The third-order valence-corrected chi connectivity index (χ3v) is 0.167. The van der Waals surface area contributed by atoms with Crippen LogP contribution in [-0.2, 0) is 0 Å². The minimum Gasteiger partial charge on any atom is -0.330 e. The van der Waals surface area contributed by atoms with E-state index >= 15 is 0 Å². The van der Waals surface area contributed by atoms with Crippen molar-refractivity contribution in [2.75, 3.05) is 6.52 Å². The maximum absolute atomic E-state index is 6.74. The summed E-state index contributed by atoms with van der Waals surface area (Å²) in [5.41, 5.74) is 4.86. The van der Waals surface area contributed by atoms with Gasteiger partial charge >= 0.3 is 0 Å². The van der Waals surface area contributed by atoms with Gasteiger partial charge in [-0.1, -0.05) is 6.92 Å². The van der Waals surface area contributed by atoms with E-state index in [9.17, 15) is 0 Å². The summed E-state index contributed by atoms with van der Waals surface area (Å²) in [6, 6.07) is 0. The highest BCUT2D eigenvalue weighted by atomic mass is 14.5. The van der Waals surface area contributed by atoms with Crippen molar-refractivity contribution < 1.29 is 4.11 Å². The van der Waals surface area contributed by atoms with Crippen LogP contribution in [0.3, 0.4) is 0 Å². The van der Waals surface area contributed by atoms with Crippen LogP contribution in [-0.4, -0.2) is 6.52 Å². The van der Waals surface area contributed by atoms with E-state index in [0.717, 1.165) is 0 Å². The molecule has 0 rings (SSSR count). The van der Waals surface area contributed by atoms with E-state index < -0.39 is 12.9 Å². The predicted octanol–water partition coefficient (Wildman–Crippen LogP) is 0.355. The molecule has 1 unspecified atom stereocenters. The molecule has 0 aromatic carbocycles. The summed E-state index contributed by atoms with van der Waals surface area (Å²) < 4.78 is 20.1. The molecule has 0 saturated heterocycles. The second kappa shape index (κ2) is 2.96.